The van der Waals surface area contributed by atoms with E-state index in [-0.39, 0.29) is 0 Å². The molecule has 0 N–H and O–H groups in total. The van der Waals surface area contributed by atoms with Crippen molar-refractivity contribution in [3.8, 4) is 0 Å². The molecular formula is C15H17ClGe. The van der Waals surface area contributed by atoms with Gasteiger partial charge in [0.05, 0.1) is 0 Å². The van der Waals surface area contributed by atoms with Crippen LogP contribution >= 0.6 is 11.6 Å². The number of aryl methyl sites for hydroxylation is 1. The molecule has 1 unspecified atom stereocenters. The second-order valence-corrected chi connectivity index (χ2v) is 14.5. The van der Waals surface area contributed by atoms with Crippen molar-refractivity contribution in [2.45, 2.75) is 12.7 Å². The molecule has 0 nitrogen and oxygen atoms in total. The molecule has 2 rings (SSSR count). The summed E-state index contributed by atoms with van der Waals surface area (Å²) in [6.45, 7) is 2.19. The molecule has 0 aromatic heterocycles. The van der Waals surface area contributed by atoms with E-state index in [4.69, 9.17) is 11.6 Å². The molecule has 2 heteroatoms. The summed E-state index contributed by atoms with van der Waals surface area (Å²) >= 11 is 4.01. The topological polar surface area (TPSA) is 0 Å². The van der Waals surface area contributed by atoms with Gasteiger partial charge in [-0.15, -0.1) is 0 Å². The van der Waals surface area contributed by atoms with Gasteiger partial charge in [-0.1, -0.05) is 0 Å². The zero-order chi connectivity index (χ0) is 12.3. The van der Waals surface area contributed by atoms with Crippen LogP contribution in [0.25, 0.3) is 0 Å². The van der Waals surface area contributed by atoms with Gasteiger partial charge in [-0.05, 0) is 0 Å². The summed E-state index contributed by atoms with van der Waals surface area (Å²) in [5.41, 5.74) is 1.37. The van der Waals surface area contributed by atoms with Crippen LogP contribution in [-0.4, -0.2) is 18.0 Å². The minimum atomic E-state index is -2.33. The van der Waals surface area contributed by atoms with E-state index in [1.165, 1.54) is 14.4 Å². The molecule has 0 aliphatic carbocycles. The van der Waals surface area contributed by atoms with E-state index in [9.17, 15) is 0 Å². The summed E-state index contributed by atoms with van der Waals surface area (Å²) in [5.74, 6) is 2.39. The molecule has 0 fully saturated rings. The van der Waals surface area contributed by atoms with Crippen LogP contribution in [0.3, 0.4) is 0 Å². The summed E-state index contributed by atoms with van der Waals surface area (Å²) in [6.07, 6.45) is 0. The first-order valence-corrected chi connectivity index (χ1v) is 12.1. The van der Waals surface area contributed by atoms with E-state index in [0.717, 1.165) is 4.71 Å². The molecule has 2 aromatic rings. The van der Waals surface area contributed by atoms with Crippen molar-refractivity contribution < 1.29 is 0 Å². The molecule has 0 heterocycles. The van der Waals surface area contributed by atoms with Crippen molar-refractivity contribution in [3.63, 3.8) is 0 Å². The first-order valence-electron chi connectivity index (χ1n) is 5.86. The molecule has 17 heavy (non-hydrogen) atoms. The van der Waals surface area contributed by atoms with Crippen molar-refractivity contribution >= 4 is 33.7 Å². The van der Waals surface area contributed by atoms with Crippen LogP contribution in [0.2, 0.25) is 5.76 Å². The van der Waals surface area contributed by atoms with Crippen LogP contribution in [0.5, 0.6) is 0 Å². The summed E-state index contributed by atoms with van der Waals surface area (Å²) in [7, 11) is 0. The maximum atomic E-state index is 6.33. The van der Waals surface area contributed by atoms with Gasteiger partial charge >= 0.3 is 111 Å². The van der Waals surface area contributed by atoms with E-state index >= 15 is 0 Å². The molecule has 88 valence electrons. The van der Waals surface area contributed by atoms with Gasteiger partial charge in [0.2, 0.25) is 0 Å². The van der Waals surface area contributed by atoms with Gasteiger partial charge in [0.15, 0.2) is 0 Å². The molecule has 0 saturated carbocycles. The van der Waals surface area contributed by atoms with Crippen molar-refractivity contribution in [2.75, 3.05) is 4.71 Å². The maximum absolute atomic E-state index is 6.33. The van der Waals surface area contributed by atoms with Crippen LogP contribution < -0.4 is 8.79 Å². The van der Waals surface area contributed by atoms with Gasteiger partial charge in [0.1, 0.15) is 0 Å². The van der Waals surface area contributed by atoms with Crippen LogP contribution in [0.1, 0.15) is 5.56 Å². The zero-order valence-corrected chi connectivity index (χ0v) is 13.1. The van der Waals surface area contributed by atoms with Gasteiger partial charge in [-0.2, -0.15) is 0 Å². The van der Waals surface area contributed by atoms with Gasteiger partial charge in [0.25, 0.3) is 0 Å². The molecule has 1 atom stereocenters. The molecule has 0 saturated heterocycles. The molecule has 0 aliphatic rings. The molecule has 0 spiro atoms. The number of hydrogen-bond donors (Lipinski definition) is 0. The second-order valence-electron chi connectivity index (χ2n) is 4.65. The Kier molecular flexibility index (Phi) is 3.95. The van der Waals surface area contributed by atoms with Gasteiger partial charge in [-0.3, -0.25) is 0 Å². The van der Waals surface area contributed by atoms with Crippen LogP contribution in [-0.2, 0) is 0 Å². The first kappa shape index (κ1) is 12.7. The third kappa shape index (κ3) is 2.43. The molecule has 2 aromatic carbocycles. The summed E-state index contributed by atoms with van der Waals surface area (Å²) < 4.78 is 3.72. The number of rotatable bonds is 3. The number of alkyl halides is 1. The van der Waals surface area contributed by atoms with Crippen molar-refractivity contribution in [1.29, 1.82) is 0 Å². The number of halogens is 1. The molecule has 0 aliphatic heterocycles. The van der Waals surface area contributed by atoms with Crippen LogP contribution in [0.4, 0.5) is 0 Å². The summed E-state index contributed by atoms with van der Waals surface area (Å²) in [5, 5.41) is 0. The molecule has 0 bridgehead atoms. The third-order valence-electron chi connectivity index (χ3n) is 3.42. The van der Waals surface area contributed by atoms with Gasteiger partial charge < -0.3 is 0 Å². The Bertz CT molecular complexity index is 495. The fourth-order valence-electron chi connectivity index (χ4n) is 2.30. The fraction of sp³-hybridized carbons (Fsp3) is 0.200. The number of hydrogen-bond acceptors (Lipinski definition) is 0. The van der Waals surface area contributed by atoms with E-state index in [2.05, 4.69) is 67.3 Å². The average molecular weight is 305 g/mol. The average Bonchev–Trinajstić information content (AvgIpc) is 2.39. The van der Waals surface area contributed by atoms with Crippen molar-refractivity contribution in [1.82, 2.24) is 0 Å². The fourth-order valence-corrected chi connectivity index (χ4v) is 10.1. The quantitative estimate of drug-likeness (QED) is 0.604. The summed E-state index contributed by atoms with van der Waals surface area (Å²) in [6, 6.07) is 19.4. The Morgan fingerprint density at radius 3 is 2.12 bits per heavy atom. The molecule has 0 amide bonds. The summed E-state index contributed by atoms with van der Waals surface area (Å²) in [4.78, 5) is 0. The van der Waals surface area contributed by atoms with Gasteiger partial charge in [-0.25, -0.2) is 0 Å². The first-order chi connectivity index (χ1) is 8.18. The zero-order valence-electron chi connectivity index (χ0n) is 10.3. The standard InChI is InChI=1S/C15H17ClGe/c1-13-8-6-7-11-15(13)17(2,12-16)14-9-4-3-5-10-14/h3-11H,12H2,1-2H3. The Morgan fingerprint density at radius 1 is 0.941 bits per heavy atom. The van der Waals surface area contributed by atoms with E-state index in [0.29, 0.717) is 0 Å². The Morgan fingerprint density at radius 2 is 1.53 bits per heavy atom. The Balaban J connectivity index is 2.56. The van der Waals surface area contributed by atoms with E-state index in [1.807, 2.05) is 0 Å². The van der Waals surface area contributed by atoms with Crippen LogP contribution in [0, 0.1) is 6.92 Å². The molecule has 0 radical (unpaired) electrons. The van der Waals surface area contributed by atoms with E-state index < -0.39 is 13.3 Å². The SMILES string of the molecule is Cc1cccc[c]1[Ge]([CH3])([CH2]Cl)[c]1ccccc1. The predicted octanol–water partition coefficient (Wildman–Crippen LogP) is 2.97. The van der Waals surface area contributed by atoms with Crippen molar-refractivity contribution in [2.24, 2.45) is 0 Å². The number of benzene rings is 2. The van der Waals surface area contributed by atoms with Crippen LogP contribution in [0.15, 0.2) is 54.6 Å². The Labute approximate surface area is 111 Å². The second kappa shape index (κ2) is 5.28. The molecular weight excluding hydrogens is 288 g/mol. The van der Waals surface area contributed by atoms with E-state index in [1.54, 1.807) is 0 Å². The van der Waals surface area contributed by atoms with Gasteiger partial charge in [0, 0.05) is 0 Å². The normalized spacial score (nSPS) is 14.3. The minimum absolute atomic E-state index is 0.773. The third-order valence-corrected chi connectivity index (χ3v) is 14.4. The monoisotopic (exact) mass is 306 g/mol. The predicted molar refractivity (Wildman–Crippen MR) is 79.2 cm³/mol. The Hall–Kier alpha value is -0.727. The van der Waals surface area contributed by atoms with Crippen molar-refractivity contribution in [3.05, 3.63) is 60.2 Å².